The van der Waals surface area contributed by atoms with Gasteiger partial charge in [-0.15, -0.1) is 5.06 Å². The highest BCUT2D eigenvalue weighted by Crippen LogP contribution is 2.54. The molecule has 1 saturated heterocycles. The average Bonchev–Trinajstić information content (AvgIpc) is 3.84. The van der Waals surface area contributed by atoms with E-state index < -0.39 is 88.7 Å². The molecule has 0 aromatic heterocycles. The van der Waals surface area contributed by atoms with E-state index >= 15 is 0 Å². The number of carbonyl (C=O) groups is 3. The minimum atomic E-state index is -5.08. The van der Waals surface area contributed by atoms with Crippen molar-refractivity contribution in [2.75, 3.05) is 45.4 Å². The predicted octanol–water partition coefficient (Wildman–Crippen LogP) is 5.81. The Morgan fingerprint density at radius 1 is 0.694 bits per heavy atom. The molecule has 0 bridgehead atoms. The van der Waals surface area contributed by atoms with E-state index in [9.17, 15) is 66.3 Å². The number of unbranched alkanes of at least 4 members (excludes halogenated alkanes) is 2. The number of methoxy groups -OCH3 is 2. The molecule has 4 aromatic carbocycles. The Hall–Kier alpha value is -5.48. The molecule has 3 aliphatic heterocycles. The fraction of sp³-hybridized carbons (Fsp3) is 0.404. The molecule has 25 heteroatoms. The van der Waals surface area contributed by atoms with Crippen LogP contribution < -0.4 is 4.90 Å². The average molecular weight is 1080 g/mol. The number of allylic oxidation sites excluding steroid dienone is 4. The van der Waals surface area contributed by atoms with E-state index in [1.54, 1.807) is 18.2 Å². The molecule has 21 nitrogen and oxygen atoms in total. The van der Waals surface area contributed by atoms with Crippen molar-refractivity contribution >= 4 is 96.9 Å². The van der Waals surface area contributed by atoms with Gasteiger partial charge in [0.05, 0.1) is 15.2 Å². The second-order valence-corrected chi connectivity index (χ2v) is 23.7. The fourth-order valence-electron chi connectivity index (χ4n) is 10.2. The number of benzene rings is 4. The Labute approximate surface area is 416 Å². The Morgan fingerprint density at radius 3 is 1.74 bits per heavy atom. The lowest BCUT2D eigenvalue weighted by molar-refractivity contribution is -0.438. The van der Waals surface area contributed by atoms with Crippen molar-refractivity contribution in [3.05, 3.63) is 83.6 Å². The van der Waals surface area contributed by atoms with Crippen molar-refractivity contribution in [1.29, 1.82) is 0 Å². The molecule has 0 saturated carbocycles. The zero-order valence-corrected chi connectivity index (χ0v) is 43.1. The molecule has 0 spiro atoms. The maximum atomic E-state index is 12.8. The van der Waals surface area contributed by atoms with Crippen molar-refractivity contribution in [2.24, 2.45) is 0 Å². The number of hydroxylamine groups is 2. The summed E-state index contributed by atoms with van der Waals surface area (Å²) in [5, 5.41) is 0.657. The van der Waals surface area contributed by atoms with E-state index in [1.165, 1.54) is 26.4 Å². The summed E-state index contributed by atoms with van der Waals surface area (Å²) >= 11 is 0. The van der Waals surface area contributed by atoms with Gasteiger partial charge in [0, 0.05) is 105 Å². The highest BCUT2D eigenvalue weighted by atomic mass is 32.2. The molecule has 3 heterocycles. The van der Waals surface area contributed by atoms with Crippen LogP contribution in [0.3, 0.4) is 0 Å². The van der Waals surface area contributed by atoms with Gasteiger partial charge in [0.2, 0.25) is 5.69 Å². The summed E-state index contributed by atoms with van der Waals surface area (Å²) < 4.78 is 156. The number of nitrogens with zero attached hydrogens (tertiary/aromatic N) is 3. The summed E-state index contributed by atoms with van der Waals surface area (Å²) in [6.07, 6.45) is 6.78. The van der Waals surface area contributed by atoms with Gasteiger partial charge in [-0.2, -0.15) is 38.2 Å². The monoisotopic (exact) mass is 1080 g/mol. The minimum absolute atomic E-state index is 0.000752. The van der Waals surface area contributed by atoms with E-state index in [1.807, 2.05) is 42.4 Å². The number of fused-ring (bicyclic) bond motifs is 6. The predicted molar refractivity (Wildman–Crippen MR) is 261 cm³/mol. The minimum Gasteiger partial charge on any atom is -0.385 e. The quantitative estimate of drug-likeness (QED) is 0.0351. The van der Waals surface area contributed by atoms with Crippen LogP contribution in [0, 0.1) is 0 Å². The van der Waals surface area contributed by atoms with Gasteiger partial charge in [0.15, 0.2) is 5.71 Å². The number of likely N-dealkylation sites (N-methyl/N-ethyl adjacent to an activating group) is 1. The lowest BCUT2D eigenvalue weighted by Gasteiger charge is -2.30. The van der Waals surface area contributed by atoms with Crippen LogP contribution in [-0.2, 0) is 80.0 Å². The standard InChI is InChI=1S/C47H53N3O18S4/c1-6-48-35-16-14-31-33(25-29(69(54,55)56)27-37(31)71(60,61)62)44(35)46(2,20-23-66-4)39(48)11-10-12-40-47(3,21-24-67-5)45-34-26-30(70(57,58)59)28-38(72(63,64)65)32(34)15-17-36(45)49(40)22-9-7-8-13-43(53)68-50-41(51)18-19-42(50)52/h10-12,14-17,25-28H,6-9,13,18-24H2,1-5H3,(H3-,54,55,56,57,58,59,60,61,62,63,64,65)/p+1. The highest BCUT2D eigenvalue weighted by molar-refractivity contribution is 7.87. The lowest BCUT2D eigenvalue weighted by atomic mass is 9.74. The Bertz CT molecular complexity index is 3480. The third kappa shape index (κ3) is 10.2. The van der Waals surface area contributed by atoms with Gasteiger partial charge in [-0.1, -0.05) is 12.1 Å². The van der Waals surface area contributed by atoms with Crippen LogP contribution in [0.5, 0.6) is 0 Å². The van der Waals surface area contributed by atoms with Crippen LogP contribution in [0.15, 0.2) is 92.0 Å². The van der Waals surface area contributed by atoms with Gasteiger partial charge in [0.25, 0.3) is 52.3 Å². The number of hydrogen-bond acceptors (Lipinski definition) is 15. The number of amides is 2. The Balaban J connectivity index is 1.40. The summed E-state index contributed by atoms with van der Waals surface area (Å²) in [6, 6.07) is 9.80. The fourth-order valence-corrected chi connectivity index (χ4v) is 12.9. The van der Waals surface area contributed by atoms with Gasteiger partial charge < -0.3 is 19.2 Å². The van der Waals surface area contributed by atoms with Gasteiger partial charge in [0.1, 0.15) is 16.3 Å². The van der Waals surface area contributed by atoms with Crippen molar-refractivity contribution in [3.8, 4) is 0 Å². The molecular weight excluding hydrogens is 1020 g/mol. The van der Waals surface area contributed by atoms with E-state index in [-0.39, 0.29) is 73.4 Å². The number of imide groups is 1. The molecule has 0 aliphatic carbocycles. The molecule has 4 aromatic rings. The molecular formula is C47H54N3O18S4+. The summed E-state index contributed by atoms with van der Waals surface area (Å²) in [6.45, 7) is 6.48. The lowest BCUT2D eigenvalue weighted by Crippen LogP contribution is -2.33. The Morgan fingerprint density at radius 2 is 1.22 bits per heavy atom. The van der Waals surface area contributed by atoms with Crippen molar-refractivity contribution < 1.29 is 85.2 Å². The summed E-state index contributed by atoms with van der Waals surface area (Å²) in [7, 11) is -17.2. The van der Waals surface area contributed by atoms with E-state index in [0.29, 0.717) is 76.9 Å². The van der Waals surface area contributed by atoms with E-state index in [4.69, 9.17) is 14.3 Å². The van der Waals surface area contributed by atoms with Crippen LogP contribution in [0.4, 0.5) is 11.4 Å². The first-order valence-corrected chi connectivity index (χ1v) is 28.4. The second kappa shape index (κ2) is 20.1. The van der Waals surface area contributed by atoms with Crippen LogP contribution in [0.25, 0.3) is 21.5 Å². The van der Waals surface area contributed by atoms with Crippen molar-refractivity contribution in [1.82, 2.24) is 5.06 Å². The van der Waals surface area contributed by atoms with Crippen molar-refractivity contribution in [3.63, 3.8) is 0 Å². The van der Waals surface area contributed by atoms with Gasteiger partial charge >= 0.3 is 5.97 Å². The van der Waals surface area contributed by atoms with Crippen LogP contribution >= 0.6 is 0 Å². The maximum absolute atomic E-state index is 12.8. The SMILES string of the molecule is CCN1C(=CC=CC2=[N+](CCCCCC(=O)ON3C(=O)CCC3=O)c3ccc4c(S(=O)(=O)O)cc(S(=O)(=O)O)cc4c3C2(C)CCOC)C(C)(CCOC)c2c1ccc1c(S(=O)(=O)O)cc(S(=O)(=O)O)cc21. The zero-order chi connectivity index (χ0) is 52.9. The highest BCUT2D eigenvalue weighted by Gasteiger charge is 2.50. The van der Waals surface area contributed by atoms with Crippen molar-refractivity contribution in [2.45, 2.75) is 103 Å². The van der Waals surface area contributed by atoms with Gasteiger partial charge in [-0.3, -0.25) is 27.8 Å². The van der Waals surface area contributed by atoms with E-state index in [0.717, 1.165) is 12.1 Å². The third-order valence-corrected chi connectivity index (χ3v) is 17.0. The van der Waals surface area contributed by atoms with Crippen LogP contribution in [0.1, 0.15) is 83.3 Å². The largest absolute Gasteiger partial charge is 0.385 e. The number of anilines is 1. The van der Waals surface area contributed by atoms with Crippen LogP contribution in [0.2, 0.25) is 0 Å². The normalized spacial score (nSPS) is 20.3. The number of hydrogen-bond donors (Lipinski definition) is 4. The molecule has 72 heavy (non-hydrogen) atoms. The topological polar surface area (TPSA) is 306 Å². The molecule has 4 N–H and O–H groups in total. The van der Waals surface area contributed by atoms with Gasteiger partial charge in [-0.05, 0) is 105 Å². The summed E-state index contributed by atoms with van der Waals surface area (Å²) in [5.74, 6) is -1.99. The second-order valence-electron chi connectivity index (χ2n) is 18.1. The number of carbonyl (C=O) groups excluding carboxylic acids is 3. The first-order chi connectivity index (χ1) is 33.6. The molecule has 2 unspecified atom stereocenters. The third-order valence-electron chi connectivity index (χ3n) is 13.5. The maximum Gasteiger partial charge on any atom is 0.333 e. The molecule has 7 rings (SSSR count). The Kier molecular flexibility index (Phi) is 15.2. The molecule has 0 radical (unpaired) electrons. The van der Waals surface area contributed by atoms with Crippen LogP contribution in [-0.4, -0.2) is 126 Å². The first kappa shape index (κ1) is 54.3. The van der Waals surface area contributed by atoms with Gasteiger partial charge in [-0.25, -0.2) is 4.79 Å². The molecule has 388 valence electrons. The summed E-state index contributed by atoms with van der Waals surface area (Å²) in [5.41, 5.74) is 1.06. The smallest absolute Gasteiger partial charge is 0.333 e. The molecule has 1 fully saturated rings. The first-order valence-electron chi connectivity index (χ1n) is 22.6. The number of ether oxygens (including phenoxy) is 2. The number of rotatable bonds is 20. The molecule has 2 atom stereocenters. The molecule has 3 aliphatic rings. The van der Waals surface area contributed by atoms with E-state index in [2.05, 4.69) is 0 Å². The summed E-state index contributed by atoms with van der Waals surface area (Å²) in [4.78, 5) is 40.6. The molecule has 2 amide bonds. The zero-order valence-electron chi connectivity index (χ0n) is 39.8.